The van der Waals surface area contributed by atoms with E-state index in [1.54, 1.807) is 36.4 Å². The molecule has 0 fully saturated rings. The van der Waals surface area contributed by atoms with Gasteiger partial charge in [0.2, 0.25) is 10.0 Å². The average molecular weight is 369 g/mol. The molecule has 0 unspecified atom stereocenters. The topological polar surface area (TPSA) is 75.7 Å². The van der Waals surface area contributed by atoms with Crippen molar-refractivity contribution in [3.63, 3.8) is 0 Å². The number of carbonyl (C=O) groups is 1. The second-order valence-electron chi connectivity index (χ2n) is 5.08. The number of halogens is 1. The Morgan fingerprint density at radius 3 is 2.50 bits per heavy atom. The van der Waals surface area contributed by atoms with Crippen molar-refractivity contribution >= 4 is 38.9 Å². The summed E-state index contributed by atoms with van der Waals surface area (Å²) in [5.74, 6) is -0.0990. The van der Waals surface area contributed by atoms with Gasteiger partial charge in [-0.15, -0.1) is 0 Å². The minimum atomic E-state index is -3.44. The quantitative estimate of drug-likeness (QED) is 0.880. The van der Waals surface area contributed by atoms with E-state index < -0.39 is 15.9 Å². The maximum atomic E-state index is 12.5. The van der Waals surface area contributed by atoms with Gasteiger partial charge in [-0.05, 0) is 36.4 Å². The van der Waals surface area contributed by atoms with Crippen LogP contribution in [0.4, 0.5) is 11.4 Å². The minimum Gasteiger partial charge on any atom is -0.496 e. The zero-order chi connectivity index (χ0) is 17.9. The first-order valence-electron chi connectivity index (χ1n) is 6.91. The first-order valence-corrected chi connectivity index (χ1v) is 9.14. The van der Waals surface area contributed by atoms with Crippen molar-refractivity contribution < 1.29 is 17.9 Å². The Morgan fingerprint density at radius 2 is 1.92 bits per heavy atom. The highest BCUT2D eigenvalue weighted by Crippen LogP contribution is 2.27. The number of anilines is 2. The number of sulfonamides is 1. The third-order valence-electron chi connectivity index (χ3n) is 3.37. The maximum absolute atomic E-state index is 12.5. The number of hydrogen-bond donors (Lipinski definition) is 1. The Labute approximate surface area is 146 Å². The SMILES string of the molecule is COc1ccc(N(C)S(C)(=O)=O)cc1C(=O)Nc1cccc(Cl)c1. The Balaban J connectivity index is 2.38. The van der Waals surface area contributed by atoms with Gasteiger partial charge in [-0.2, -0.15) is 0 Å². The number of nitrogens with zero attached hydrogens (tertiary/aromatic N) is 1. The van der Waals surface area contributed by atoms with Gasteiger partial charge >= 0.3 is 0 Å². The second kappa shape index (κ2) is 7.11. The van der Waals surface area contributed by atoms with Crippen LogP contribution in [-0.4, -0.2) is 34.7 Å². The van der Waals surface area contributed by atoms with Crippen LogP contribution in [0.5, 0.6) is 5.75 Å². The number of rotatable bonds is 5. The van der Waals surface area contributed by atoms with Crippen LogP contribution < -0.4 is 14.4 Å². The predicted octanol–water partition coefficient (Wildman–Crippen LogP) is 3.00. The normalized spacial score (nSPS) is 11.0. The fraction of sp³-hybridized carbons (Fsp3) is 0.188. The third-order valence-corrected chi connectivity index (χ3v) is 4.81. The molecule has 0 aliphatic rings. The highest BCUT2D eigenvalue weighted by molar-refractivity contribution is 7.92. The Morgan fingerprint density at radius 1 is 1.21 bits per heavy atom. The molecule has 6 nitrogen and oxygen atoms in total. The highest BCUT2D eigenvalue weighted by atomic mass is 35.5. The smallest absolute Gasteiger partial charge is 0.259 e. The van der Waals surface area contributed by atoms with Gasteiger partial charge in [-0.3, -0.25) is 9.10 Å². The number of hydrogen-bond acceptors (Lipinski definition) is 4. The number of amides is 1. The van der Waals surface area contributed by atoms with Crippen molar-refractivity contribution in [2.45, 2.75) is 0 Å². The van der Waals surface area contributed by atoms with Crippen molar-refractivity contribution in [1.82, 2.24) is 0 Å². The van der Waals surface area contributed by atoms with Crippen LogP contribution in [-0.2, 0) is 10.0 Å². The summed E-state index contributed by atoms with van der Waals surface area (Å²) in [5, 5.41) is 3.20. The molecule has 2 aromatic carbocycles. The van der Waals surface area contributed by atoms with Crippen LogP contribution >= 0.6 is 11.6 Å². The second-order valence-corrected chi connectivity index (χ2v) is 7.53. The molecule has 0 spiro atoms. The molecule has 24 heavy (non-hydrogen) atoms. The molecule has 1 N–H and O–H groups in total. The standard InChI is InChI=1S/C16H17ClN2O4S/c1-19(24(3,21)22)13-7-8-15(23-2)14(10-13)16(20)18-12-6-4-5-11(17)9-12/h4-10H,1-3H3,(H,18,20). The van der Waals surface area contributed by atoms with E-state index in [2.05, 4.69) is 5.32 Å². The Bertz CT molecular complexity index is 868. The fourth-order valence-corrected chi connectivity index (χ4v) is 2.71. The lowest BCUT2D eigenvalue weighted by molar-refractivity contribution is 0.102. The average Bonchev–Trinajstić information content (AvgIpc) is 2.52. The number of benzene rings is 2. The molecule has 0 aromatic heterocycles. The molecule has 1 amide bonds. The molecule has 0 atom stereocenters. The molecule has 0 saturated heterocycles. The van der Waals surface area contributed by atoms with Crippen molar-refractivity contribution in [1.29, 1.82) is 0 Å². The summed E-state index contributed by atoms with van der Waals surface area (Å²) in [6.45, 7) is 0. The van der Waals surface area contributed by atoms with Gasteiger partial charge in [0.05, 0.1) is 24.6 Å². The van der Waals surface area contributed by atoms with Crippen molar-refractivity contribution in [3.8, 4) is 5.75 Å². The van der Waals surface area contributed by atoms with E-state index in [9.17, 15) is 13.2 Å². The third kappa shape index (κ3) is 4.18. The molecule has 0 aliphatic heterocycles. The van der Waals surface area contributed by atoms with Crippen LogP contribution in [0.3, 0.4) is 0 Å². The summed E-state index contributed by atoms with van der Waals surface area (Å²) < 4.78 is 29.6. The molecule has 0 saturated carbocycles. The molecule has 2 rings (SSSR count). The van der Waals surface area contributed by atoms with Gasteiger partial charge < -0.3 is 10.1 Å². The van der Waals surface area contributed by atoms with E-state index in [1.807, 2.05) is 0 Å². The fourth-order valence-electron chi connectivity index (χ4n) is 2.03. The predicted molar refractivity (Wildman–Crippen MR) is 95.6 cm³/mol. The summed E-state index contributed by atoms with van der Waals surface area (Å²) in [6.07, 6.45) is 1.09. The number of methoxy groups -OCH3 is 1. The van der Waals surface area contributed by atoms with E-state index in [-0.39, 0.29) is 5.56 Å². The lowest BCUT2D eigenvalue weighted by Crippen LogP contribution is -2.25. The molecule has 8 heteroatoms. The Kier molecular flexibility index (Phi) is 5.36. The lowest BCUT2D eigenvalue weighted by atomic mass is 10.1. The van der Waals surface area contributed by atoms with Crippen molar-refractivity contribution in [2.24, 2.45) is 0 Å². The van der Waals surface area contributed by atoms with E-state index in [0.29, 0.717) is 22.1 Å². The summed E-state index contributed by atoms with van der Waals surface area (Å²) in [7, 11) is -0.591. The molecule has 2 aromatic rings. The van der Waals surface area contributed by atoms with E-state index in [4.69, 9.17) is 16.3 Å². The molecule has 128 valence electrons. The summed E-state index contributed by atoms with van der Waals surface area (Å²) in [6, 6.07) is 11.3. The zero-order valence-corrected chi connectivity index (χ0v) is 15.0. The van der Waals surface area contributed by atoms with Crippen LogP contribution in [0.1, 0.15) is 10.4 Å². The van der Waals surface area contributed by atoms with Gasteiger partial charge in [-0.25, -0.2) is 8.42 Å². The van der Waals surface area contributed by atoms with Crippen molar-refractivity contribution in [3.05, 3.63) is 53.1 Å². The van der Waals surface area contributed by atoms with Crippen LogP contribution in [0, 0.1) is 0 Å². The minimum absolute atomic E-state index is 0.213. The molecular formula is C16H17ClN2O4S. The number of ether oxygens (including phenoxy) is 1. The summed E-state index contributed by atoms with van der Waals surface area (Å²) >= 11 is 5.90. The highest BCUT2D eigenvalue weighted by Gasteiger charge is 2.18. The van der Waals surface area contributed by atoms with Crippen LogP contribution in [0.15, 0.2) is 42.5 Å². The molecular weight excluding hydrogens is 352 g/mol. The maximum Gasteiger partial charge on any atom is 0.259 e. The first-order chi connectivity index (χ1) is 11.2. The molecule has 0 radical (unpaired) electrons. The van der Waals surface area contributed by atoms with Crippen LogP contribution in [0.2, 0.25) is 5.02 Å². The van der Waals surface area contributed by atoms with E-state index in [0.717, 1.165) is 10.6 Å². The zero-order valence-electron chi connectivity index (χ0n) is 13.4. The molecule has 0 bridgehead atoms. The first kappa shape index (κ1) is 18.1. The van der Waals surface area contributed by atoms with E-state index >= 15 is 0 Å². The van der Waals surface area contributed by atoms with Gasteiger partial charge in [0.1, 0.15) is 5.75 Å². The number of carbonyl (C=O) groups excluding carboxylic acids is 1. The van der Waals surface area contributed by atoms with Crippen molar-refractivity contribution in [2.75, 3.05) is 30.0 Å². The van der Waals surface area contributed by atoms with Gasteiger partial charge in [-0.1, -0.05) is 17.7 Å². The van der Waals surface area contributed by atoms with Gasteiger partial charge in [0.15, 0.2) is 0 Å². The molecule has 0 heterocycles. The van der Waals surface area contributed by atoms with Gasteiger partial charge in [0.25, 0.3) is 5.91 Å². The van der Waals surface area contributed by atoms with Crippen LogP contribution in [0.25, 0.3) is 0 Å². The number of nitrogens with one attached hydrogen (secondary N) is 1. The summed E-state index contributed by atoms with van der Waals surface area (Å²) in [4.78, 5) is 12.5. The lowest BCUT2D eigenvalue weighted by Gasteiger charge is -2.18. The largest absolute Gasteiger partial charge is 0.496 e. The molecule has 0 aliphatic carbocycles. The summed E-state index contributed by atoms with van der Waals surface area (Å²) in [5.41, 5.74) is 1.09. The van der Waals surface area contributed by atoms with E-state index in [1.165, 1.54) is 20.2 Å². The monoisotopic (exact) mass is 368 g/mol. The Hall–Kier alpha value is -2.25. The van der Waals surface area contributed by atoms with Gasteiger partial charge in [0, 0.05) is 17.8 Å².